The lowest BCUT2D eigenvalue weighted by atomic mass is 10.2. The minimum absolute atomic E-state index is 0.115. The standard InChI is InChI=1S/C11H9N3O4/c12-4-1-5-13-9-6-8(14(16)17)2-3-10(9)18-7-11(13)15/h2-3,6H,1,5,7H2. The second-order valence-corrected chi connectivity index (χ2v) is 3.65. The zero-order valence-corrected chi connectivity index (χ0v) is 9.33. The van der Waals surface area contributed by atoms with Crippen LogP contribution < -0.4 is 9.64 Å². The summed E-state index contributed by atoms with van der Waals surface area (Å²) in [6, 6.07) is 5.99. The van der Waals surface area contributed by atoms with Crippen LogP contribution in [0.5, 0.6) is 5.75 Å². The van der Waals surface area contributed by atoms with Crippen LogP contribution in [0.15, 0.2) is 18.2 Å². The Labute approximate surface area is 102 Å². The number of non-ortho nitro benzene ring substituents is 1. The van der Waals surface area contributed by atoms with Crippen LogP contribution in [0.4, 0.5) is 11.4 Å². The zero-order valence-electron chi connectivity index (χ0n) is 9.33. The first-order valence-corrected chi connectivity index (χ1v) is 5.22. The number of carbonyl (C=O) groups excluding carboxylic acids is 1. The number of nitriles is 1. The van der Waals surface area contributed by atoms with Crippen LogP contribution in [0.25, 0.3) is 0 Å². The third-order valence-corrected chi connectivity index (χ3v) is 2.54. The third kappa shape index (κ3) is 2.08. The summed E-state index contributed by atoms with van der Waals surface area (Å²) in [6.45, 7) is 0.0864. The van der Waals surface area contributed by atoms with Gasteiger partial charge in [0.05, 0.1) is 23.1 Å². The van der Waals surface area contributed by atoms with Gasteiger partial charge in [-0.3, -0.25) is 14.9 Å². The van der Waals surface area contributed by atoms with E-state index in [-0.39, 0.29) is 31.2 Å². The summed E-state index contributed by atoms with van der Waals surface area (Å²) in [5.41, 5.74) is 0.227. The molecule has 0 aromatic heterocycles. The van der Waals surface area contributed by atoms with E-state index in [0.29, 0.717) is 11.4 Å². The lowest BCUT2D eigenvalue weighted by Gasteiger charge is -2.28. The number of amides is 1. The lowest BCUT2D eigenvalue weighted by molar-refractivity contribution is -0.384. The molecule has 1 aromatic carbocycles. The molecular formula is C11H9N3O4. The highest BCUT2D eigenvalue weighted by atomic mass is 16.6. The Hall–Kier alpha value is -2.62. The number of benzene rings is 1. The number of ether oxygens (including phenoxy) is 1. The van der Waals surface area contributed by atoms with Gasteiger partial charge in [0, 0.05) is 18.7 Å². The number of nitrogens with zero attached hydrogens (tertiary/aromatic N) is 3. The molecule has 0 saturated heterocycles. The fraction of sp³-hybridized carbons (Fsp3) is 0.273. The molecule has 0 N–H and O–H groups in total. The molecule has 1 heterocycles. The van der Waals surface area contributed by atoms with Crippen molar-refractivity contribution in [3.8, 4) is 11.8 Å². The van der Waals surface area contributed by atoms with Crippen LogP contribution in [-0.4, -0.2) is 24.0 Å². The SMILES string of the molecule is N#CCCN1C(=O)COc2ccc([N+](=O)[O-])cc21. The Morgan fingerprint density at radius 2 is 2.33 bits per heavy atom. The molecule has 0 atom stereocenters. The highest BCUT2D eigenvalue weighted by molar-refractivity contribution is 5.98. The first kappa shape index (κ1) is 11.9. The van der Waals surface area contributed by atoms with Gasteiger partial charge in [0.15, 0.2) is 6.61 Å². The predicted molar refractivity (Wildman–Crippen MR) is 61.2 cm³/mol. The number of nitro benzene ring substituents is 1. The molecule has 0 radical (unpaired) electrons. The normalized spacial score (nSPS) is 13.5. The molecule has 0 saturated carbocycles. The molecule has 0 spiro atoms. The highest BCUT2D eigenvalue weighted by Gasteiger charge is 2.27. The number of hydrogen-bond acceptors (Lipinski definition) is 5. The first-order chi connectivity index (χ1) is 8.63. The van der Waals surface area contributed by atoms with Crippen molar-refractivity contribution in [1.82, 2.24) is 0 Å². The topological polar surface area (TPSA) is 96.5 Å². The number of anilines is 1. The summed E-state index contributed by atoms with van der Waals surface area (Å²) in [5, 5.41) is 19.2. The summed E-state index contributed by atoms with van der Waals surface area (Å²) in [6.07, 6.45) is 0.161. The van der Waals surface area contributed by atoms with Gasteiger partial charge in [0.25, 0.3) is 11.6 Å². The van der Waals surface area contributed by atoms with Crippen molar-refractivity contribution < 1.29 is 14.5 Å². The van der Waals surface area contributed by atoms with Crippen molar-refractivity contribution in [2.45, 2.75) is 6.42 Å². The smallest absolute Gasteiger partial charge is 0.271 e. The molecule has 2 rings (SSSR count). The van der Waals surface area contributed by atoms with E-state index in [0.717, 1.165) is 0 Å². The maximum atomic E-state index is 11.7. The molecule has 7 nitrogen and oxygen atoms in total. The Balaban J connectivity index is 2.40. The zero-order chi connectivity index (χ0) is 13.1. The molecule has 0 aliphatic carbocycles. The number of fused-ring (bicyclic) bond motifs is 1. The summed E-state index contributed by atoms with van der Waals surface area (Å²) >= 11 is 0. The number of rotatable bonds is 3. The minimum Gasteiger partial charge on any atom is -0.482 e. The molecule has 1 aromatic rings. The third-order valence-electron chi connectivity index (χ3n) is 2.54. The van der Waals surface area contributed by atoms with Gasteiger partial charge in [-0.15, -0.1) is 0 Å². The van der Waals surface area contributed by atoms with E-state index in [9.17, 15) is 14.9 Å². The second-order valence-electron chi connectivity index (χ2n) is 3.65. The highest BCUT2D eigenvalue weighted by Crippen LogP contribution is 2.35. The largest absolute Gasteiger partial charge is 0.482 e. The minimum atomic E-state index is -0.540. The molecule has 0 fully saturated rings. The van der Waals surface area contributed by atoms with Crippen LogP contribution in [-0.2, 0) is 4.79 Å². The Bertz CT molecular complexity index is 550. The molecule has 1 aliphatic rings. The molecule has 1 amide bonds. The van der Waals surface area contributed by atoms with Crippen molar-refractivity contribution in [1.29, 1.82) is 5.26 Å². The van der Waals surface area contributed by atoms with Gasteiger partial charge in [-0.05, 0) is 6.07 Å². The van der Waals surface area contributed by atoms with Crippen LogP contribution in [0.1, 0.15) is 6.42 Å². The van der Waals surface area contributed by atoms with Gasteiger partial charge < -0.3 is 9.64 Å². The predicted octanol–water partition coefficient (Wildman–Crippen LogP) is 1.23. The Kier molecular flexibility index (Phi) is 3.10. The van der Waals surface area contributed by atoms with Gasteiger partial charge in [0.1, 0.15) is 5.75 Å². The van der Waals surface area contributed by atoms with Crippen molar-refractivity contribution in [2.24, 2.45) is 0 Å². The Morgan fingerprint density at radius 1 is 1.56 bits per heavy atom. The fourth-order valence-corrected chi connectivity index (χ4v) is 1.71. The quantitative estimate of drug-likeness (QED) is 0.591. The van der Waals surface area contributed by atoms with E-state index in [1.165, 1.54) is 23.1 Å². The van der Waals surface area contributed by atoms with Gasteiger partial charge in [-0.25, -0.2) is 0 Å². The van der Waals surface area contributed by atoms with Gasteiger partial charge >= 0.3 is 0 Å². The fourth-order valence-electron chi connectivity index (χ4n) is 1.71. The molecule has 1 aliphatic heterocycles. The van der Waals surface area contributed by atoms with Crippen LogP contribution >= 0.6 is 0 Å². The molecule has 0 unspecified atom stereocenters. The van der Waals surface area contributed by atoms with E-state index in [4.69, 9.17) is 10.00 Å². The van der Waals surface area contributed by atoms with E-state index in [1.54, 1.807) is 0 Å². The van der Waals surface area contributed by atoms with Crippen LogP contribution in [0, 0.1) is 21.4 Å². The Morgan fingerprint density at radius 3 is 3.00 bits per heavy atom. The van der Waals surface area contributed by atoms with E-state index >= 15 is 0 Å². The van der Waals surface area contributed by atoms with Crippen molar-refractivity contribution in [3.63, 3.8) is 0 Å². The monoisotopic (exact) mass is 247 g/mol. The maximum absolute atomic E-state index is 11.7. The van der Waals surface area contributed by atoms with Crippen LogP contribution in [0.2, 0.25) is 0 Å². The summed E-state index contributed by atoms with van der Waals surface area (Å²) < 4.78 is 5.18. The number of nitro groups is 1. The number of carbonyl (C=O) groups is 1. The van der Waals surface area contributed by atoms with Crippen molar-refractivity contribution in [2.75, 3.05) is 18.1 Å². The van der Waals surface area contributed by atoms with E-state index in [1.807, 2.05) is 6.07 Å². The summed E-state index contributed by atoms with van der Waals surface area (Å²) in [5.74, 6) is 0.108. The molecule has 18 heavy (non-hydrogen) atoms. The van der Waals surface area contributed by atoms with Crippen molar-refractivity contribution >= 4 is 17.3 Å². The first-order valence-electron chi connectivity index (χ1n) is 5.22. The van der Waals surface area contributed by atoms with E-state index < -0.39 is 4.92 Å². The maximum Gasteiger partial charge on any atom is 0.271 e. The average Bonchev–Trinajstić information content (AvgIpc) is 2.37. The van der Waals surface area contributed by atoms with Crippen LogP contribution in [0.3, 0.4) is 0 Å². The van der Waals surface area contributed by atoms with Gasteiger partial charge in [-0.2, -0.15) is 5.26 Å². The molecular weight excluding hydrogens is 238 g/mol. The second kappa shape index (κ2) is 4.71. The van der Waals surface area contributed by atoms with E-state index in [2.05, 4.69) is 0 Å². The van der Waals surface area contributed by atoms with Gasteiger partial charge in [0.2, 0.25) is 0 Å². The summed E-state index contributed by atoms with van der Waals surface area (Å²) in [4.78, 5) is 23.2. The summed E-state index contributed by atoms with van der Waals surface area (Å²) in [7, 11) is 0. The average molecular weight is 247 g/mol. The molecule has 92 valence electrons. The number of hydrogen-bond donors (Lipinski definition) is 0. The lowest BCUT2D eigenvalue weighted by Crippen LogP contribution is -2.39. The van der Waals surface area contributed by atoms with Gasteiger partial charge in [-0.1, -0.05) is 0 Å². The molecule has 7 heteroatoms. The molecule has 0 bridgehead atoms. The van der Waals surface area contributed by atoms with Crippen molar-refractivity contribution in [3.05, 3.63) is 28.3 Å².